The lowest BCUT2D eigenvalue weighted by atomic mass is 10.1. The summed E-state index contributed by atoms with van der Waals surface area (Å²) in [4.78, 5) is 17.5. The highest BCUT2D eigenvalue weighted by atomic mass is 35.5. The van der Waals surface area contributed by atoms with E-state index in [0.29, 0.717) is 16.1 Å². The average Bonchev–Trinajstić information content (AvgIpc) is 3.44. The molecule has 1 N–H and O–H groups in total. The lowest BCUT2D eigenvalue weighted by Crippen LogP contribution is -2.19. The summed E-state index contributed by atoms with van der Waals surface area (Å²) in [7, 11) is 0. The van der Waals surface area contributed by atoms with E-state index in [1.54, 1.807) is 30.3 Å². The molecule has 11 heteroatoms. The van der Waals surface area contributed by atoms with E-state index < -0.39 is 29.0 Å². The van der Waals surface area contributed by atoms with Crippen molar-refractivity contribution in [3.63, 3.8) is 0 Å². The lowest BCUT2D eigenvalue weighted by Gasteiger charge is -2.15. The molecule has 0 unspecified atom stereocenters. The number of hydrogen-bond acceptors (Lipinski definition) is 5. The molecule has 0 bridgehead atoms. The van der Waals surface area contributed by atoms with Crippen molar-refractivity contribution in [1.82, 2.24) is 14.7 Å². The van der Waals surface area contributed by atoms with Gasteiger partial charge >= 0.3 is 6.18 Å². The van der Waals surface area contributed by atoms with Gasteiger partial charge in [0.05, 0.1) is 5.56 Å². The minimum Gasteiger partial charge on any atom is -0.508 e. The van der Waals surface area contributed by atoms with Crippen molar-refractivity contribution in [2.75, 3.05) is 0 Å². The molecule has 0 radical (unpaired) electrons. The van der Waals surface area contributed by atoms with Crippen LogP contribution in [0.3, 0.4) is 0 Å². The van der Waals surface area contributed by atoms with Crippen molar-refractivity contribution in [3.8, 4) is 17.2 Å². The van der Waals surface area contributed by atoms with E-state index >= 15 is 0 Å². The van der Waals surface area contributed by atoms with Crippen LogP contribution in [0, 0.1) is 0 Å². The summed E-state index contributed by atoms with van der Waals surface area (Å²) in [5.41, 5.74) is -1.04. The van der Waals surface area contributed by atoms with Crippen LogP contribution in [0.15, 0.2) is 71.3 Å². The number of phenolic OH excluding ortho intramolecular Hbond substituents is 1. The molecule has 5 aromatic rings. The summed E-state index contributed by atoms with van der Waals surface area (Å²) in [6.45, 7) is -0.319. The van der Waals surface area contributed by atoms with Gasteiger partial charge in [-0.05, 0) is 48.0 Å². The van der Waals surface area contributed by atoms with E-state index in [0.717, 1.165) is 10.6 Å². The molecule has 0 atom stereocenters. The zero-order valence-corrected chi connectivity index (χ0v) is 19.6. The SMILES string of the molecule is O=C(c1noc(-c2ccccc2)n1)c1c(C(F)(F)F)n(Cc2ccc(Cl)cc2Cl)c2ccc(O)cc12. The first-order chi connectivity index (χ1) is 17.1. The number of ketones is 1. The van der Waals surface area contributed by atoms with Gasteiger partial charge in [0.1, 0.15) is 11.4 Å². The highest BCUT2D eigenvalue weighted by Gasteiger charge is 2.42. The van der Waals surface area contributed by atoms with Gasteiger partial charge in [-0.3, -0.25) is 4.79 Å². The molecule has 0 aliphatic heterocycles. The zero-order valence-electron chi connectivity index (χ0n) is 18.1. The Kier molecular flexibility index (Phi) is 5.97. The van der Waals surface area contributed by atoms with Gasteiger partial charge < -0.3 is 14.2 Å². The highest BCUT2D eigenvalue weighted by Crippen LogP contribution is 2.41. The van der Waals surface area contributed by atoms with Crippen molar-refractivity contribution >= 4 is 39.9 Å². The predicted octanol–water partition coefficient (Wildman–Crippen LogP) is 7.00. The number of carbonyl (C=O) groups excluding carboxylic acids is 1. The van der Waals surface area contributed by atoms with Crippen LogP contribution in [0.2, 0.25) is 10.0 Å². The zero-order chi connectivity index (χ0) is 25.6. The molecule has 2 aromatic heterocycles. The molecule has 36 heavy (non-hydrogen) atoms. The number of aromatic hydroxyl groups is 1. The minimum atomic E-state index is -4.95. The second kappa shape index (κ2) is 9.00. The fourth-order valence-corrected chi connectivity index (χ4v) is 4.45. The first kappa shape index (κ1) is 23.9. The van der Waals surface area contributed by atoms with E-state index in [1.807, 2.05) is 0 Å². The number of rotatable bonds is 5. The molecule has 0 aliphatic carbocycles. The molecule has 182 valence electrons. The molecule has 3 aromatic carbocycles. The number of alkyl halides is 3. The summed E-state index contributed by atoms with van der Waals surface area (Å²) < 4.78 is 49.6. The van der Waals surface area contributed by atoms with Gasteiger partial charge in [-0.2, -0.15) is 18.2 Å². The Morgan fingerprint density at radius 2 is 1.78 bits per heavy atom. The maximum absolute atomic E-state index is 14.5. The quantitative estimate of drug-likeness (QED) is 0.247. The fourth-order valence-electron chi connectivity index (χ4n) is 3.98. The number of halogens is 5. The topological polar surface area (TPSA) is 81.2 Å². The highest BCUT2D eigenvalue weighted by molar-refractivity contribution is 6.35. The van der Waals surface area contributed by atoms with Gasteiger partial charge in [-0.25, -0.2) is 0 Å². The first-order valence-corrected chi connectivity index (χ1v) is 11.2. The smallest absolute Gasteiger partial charge is 0.432 e. The molecule has 0 spiro atoms. The second-order valence-corrected chi connectivity index (χ2v) is 8.71. The maximum atomic E-state index is 14.5. The van der Waals surface area contributed by atoms with Crippen molar-refractivity contribution < 1.29 is 27.6 Å². The van der Waals surface area contributed by atoms with Gasteiger partial charge in [0.25, 0.3) is 5.89 Å². The van der Waals surface area contributed by atoms with E-state index in [2.05, 4.69) is 10.1 Å². The monoisotopic (exact) mass is 531 g/mol. The molecule has 2 heterocycles. The van der Waals surface area contributed by atoms with Crippen LogP contribution in [0.4, 0.5) is 13.2 Å². The van der Waals surface area contributed by atoms with Crippen LogP contribution in [0.5, 0.6) is 5.75 Å². The summed E-state index contributed by atoms with van der Waals surface area (Å²) >= 11 is 12.2. The summed E-state index contributed by atoms with van der Waals surface area (Å²) in [5, 5.41) is 14.0. The maximum Gasteiger partial charge on any atom is 0.432 e. The number of fused-ring (bicyclic) bond motifs is 1. The lowest BCUT2D eigenvalue weighted by molar-refractivity contribution is -0.143. The number of benzene rings is 3. The second-order valence-electron chi connectivity index (χ2n) is 7.86. The number of aromatic nitrogens is 3. The third-order valence-electron chi connectivity index (χ3n) is 5.54. The number of hydrogen-bond donors (Lipinski definition) is 1. The summed E-state index contributed by atoms with van der Waals surface area (Å²) in [6.07, 6.45) is -4.95. The van der Waals surface area contributed by atoms with Crippen LogP contribution in [-0.4, -0.2) is 25.6 Å². The first-order valence-electron chi connectivity index (χ1n) is 10.4. The van der Waals surface area contributed by atoms with Gasteiger partial charge in [0, 0.05) is 33.1 Å². The van der Waals surface area contributed by atoms with Crippen LogP contribution in [0.1, 0.15) is 27.4 Å². The van der Waals surface area contributed by atoms with Crippen LogP contribution in [0.25, 0.3) is 22.4 Å². The normalized spacial score (nSPS) is 11.8. The largest absolute Gasteiger partial charge is 0.508 e. The van der Waals surface area contributed by atoms with Gasteiger partial charge in [-0.15, -0.1) is 0 Å². The van der Waals surface area contributed by atoms with Crippen molar-refractivity contribution in [1.29, 1.82) is 0 Å². The van der Waals surface area contributed by atoms with Crippen LogP contribution < -0.4 is 0 Å². The Balaban J connectivity index is 1.71. The minimum absolute atomic E-state index is 0.0213. The Morgan fingerprint density at radius 1 is 1.03 bits per heavy atom. The number of nitrogens with zero attached hydrogens (tertiary/aromatic N) is 3. The molecule has 0 aliphatic rings. The summed E-state index contributed by atoms with van der Waals surface area (Å²) in [6, 6.07) is 16.5. The fraction of sp³-hybridized carbons (Fsp3) is 0.0800. The Labute approximate surface area is 211 Å². The molecule has 0 fully saturated rings. The van der Waals surface area contributed by atoms with Gasteiger partial charge in [0.2, 0.25) is 11.6 Å². The Bertz CT molecular complexity index is 1610. The van der Waals surface area contributed by atoms with E-state index in [4.69, 9.17) is 27.7 Å². The average molecular weight is 532 g/mol. The molecular formula is C25H14Cl2F3N3O3. The molecule has 5 rings (SSSR count). The van der Waals surface area contributed by atoms with Crippen LogP contribution >= 0.6 is 23.2 Å². The van der Waals surface area contributed by atoms with Gasteiger partial charge in [0.15, 0.2) is 0 Å². The third kappa shape index (κ3) is 4.31. The van der Waals surface area contributed by atoms with Crippen molar-refractivity contribution in [2.24, 2.45) is 0 Å². The van der Waals surface area contributed by atoms with Crippen molar-refractivity contribution in [3.05, 3.63) is 99.4 Å². The predicted molar refractivity (Wildman–Crippen MR) is 127 cm³/mol. The molecule has 0 saturated heterocycles. The van der Waals surface area contributed by atoms with Crippen LogP contribution in [-0.2, 0) is 12.7 Å². The standard InChI is InChI=1S/C25H14Cl2F3N3O3/c26-15-7-6-14(18(27)10-15)12-33-19-9-8-16(34)11-17(19)20(22(33)25(28,29)30)21(35)23-31-24(36-32-23)13-4-2-1-3-5-13/h1-11,34H,12H2. The Morgan fingerprint density at radius 3 is 2.47 bits per heavy atom. The van der Waals surface area contributed by atoms with E-state index in [9.17, 15) is 23.1 Å². The molecular weight excluding hydrogens is 518 g/mol. The molecule has 0 saturated carbocycles. The third-order valence-corrected chi connectivity index (χ3v) is 6.12. The van der Waals surface area contributed by atoms with Crippen molar-refractivity contribution in [2.45, 2.75) is 12.7 Å². The van der Waals surface area contributed by atoms with E-state index in [1.165, 1.54) is 30.3 Å². The Hall–Kier alpha value is -3.82. The van der Waals surface area contributed by atoms with Gasteiger partial charge in [-0.1, -0.05) is 52.6 Å². The number of carbonyl (C=O) groups is 1. The number of phenols is 1. The molecule has 6 nitrogen and oxygen atoms in total. The molecule has 0 amide bonds. The summed E-state index contributed by atoms with van der Waals surface area (Å²) in [5.74, 6) is -1.99. The van der Waals surface area contributed by atoms with E-state index in [-0.39, 0.29) is 34.1 Å².